The number of nitrogens with zero attached hydrogens (tertiary/aromatic N) is 1. The second-order valence-corrected chi connectivity index (χ2v) is 3.72. The molecule has 0 saturated carbocycles. The summed E-state index contributed by atoms with van der Waals surface area (Å²) in [6.07, 6.45) is -3.47. The molecule has 0 unspecified atom stereocenters. The predicted molar refractivity (Wildman–Crippen MR) is 52.6 cm³/mol. The molecule has 0 atom stereocenters. The molecule has 0 aromatic carbocycles. The van der Waals surface area contributed by atoms with Crippen molar-refractivity contribution in [1.82, 2.24) is 4.98 Å². The Morgan fingerprint density at radius 1 is 1.13 bits per heavy atom. The van der Waals surface area contributed by atoms with Crippen LogP contribution in [0.4, 0.5) is 13.2 Å². The van der Waals surface area contributed by atoms with Crippen LogP contribution in [0.2, 0.25) is 0 Å². The molecule has 5 heteroatoms. The van der Waals surface area contributed by atoms with Gasteiger partial charge in [0.2, 0.25) is 0 Å². The van der Waals surface area contributed by atoms with Crippen molar-refractivity contribution in [3.05, 3.63) is 40.7 Å². The summed E-state index contributed by atoms with van der Waals surface area (Å²) < 4.78 is 36.7. The zero-order chi connectivity index (χ0) is 10.9. The van der Waals surface area contributed by atoms with Crippen molar-refractivity contribution < 1.29 is 13.2 Å². The Kier molecular flexibility index (Phi) is 2.48. The highest BCUT2D eigenvalue weighted by Crippen LogP contribution is 2.29. The SMILES string of the molecule is FC(F)(F)c1ccc(-c2ccsc2)nc1. The summed E-state index contributed by atoms with van der Waals surface area (Å²) >= 11 is 1.48. The van der Waals surface area contributed by atoms with Crippen molar-refractivity contribution in [1.29, 1.82) is 0 Å². The quantitative estimate of drug-likeness (QED) is 0.724. The number of hydrogen-bond acceptors (Lipinski definition) is 2. The fraction of sp³-hybridized carbons (Fsp3) is 0.100. The first-order chi connectivity index (χ1) is 7.07. The minimum absolute atomic E-state index is 0.559. The normalized spacial score (nSPS) is 11.7. The monoisotopic (exact) mass is 229 g/mol. The smallest absolute Gasteiger partial charge is 0.256 e. The van der Waals surface area contributed by atoms with Crippen LogP contribution in [-0.2, 0) is 6.18 Å². The molecule has 0 bridgehead atoms. The second kappa shape index (κ2) is 3.66. The Balaban J connectivity index is 2.33. The molecule has 2 heterocycles. The Morgan fingerprint density at radius 2 is 1.93 bits per heavy atom. The average molecular weight is 229 g/mol. The maximum absolute atomic E-state index is 12.2. The van der Waals surface area contributed by atoms with E-state index >= 15 is 0 Å². The lowest BCUT2D eigenvalue weighted by Crippen LogP contribution is -2.05. The number of halogens is 3. The summed E-state index contributed by atoms with van der Waals surface area (Å²) in [5, 5.41) is 3.70. The third-order valence-electron chi connectivity index (χ3n) is 1.91. The molecule has 0 radical (unpaired) electrons. The number of alkyl halides is 3. The maximum Gasteiger partial charge on any atom is 0.417 e. The first-order valence-corrected chi connectivity index (χ1v) is 5.07. The molecule has 0 N–H and O–H groups in total. The van der Waals surface area contributed by atoms with Crippen molar-refractivity contribution in [3.63, 3.8) is 0 Å². The molecule has 0 fully saturated rings. The van der Waals surface area contributed by atoms with Crippen LogP contribution < -0.4 is 0 Å². The van der Waals surface area contributed by atoms with Crippen LogP contribution >= 0.6 is 11.3 Å². The van der Waals surface area contributed by atoms with E-state index < -0.39 is 11.7 Å². The van der Waals surface area contributed by atoms with E-state index in [4.69, 9.17) is 0 Å². The molecular weight excluding hydrogens is 223 g/mol. The van der Waals surface area contributed by atoms with Crippen molar-refractivity contribution in [2.45, 2.75) is 6.18 Å². The van der Waals surface area contributed by atoms with Crippen LogP contribution in [0.15, 0.2) is 35.2 Å². The summed E-state index contributed by atoms with van der Waals surface area (Å²) in [7, 11) is 0. The van der Waals surface area contributed by atoms with Gasteiger partial charge in [0, 0.05) is 17.1 Å². The largest absolute Gasteiger partial charge is 0.417 e. The van der Waals surface area contributed by atoms with Crippen molar-refractivity contribution in [3.8, 4) is 11.3 Å². The molecule has 0 aliphatic carbocycles. The molecule has 2 aromatic rings. The summed E-state index contributed by atoms with van der Waals surface area (Å²) in [6, 6.07) is 4.24. The van der Waals surface area contributed by atoms with E-state index in [0.29, 0.717) is 5.69 Å². The van der Waals surface area contributed by atoms with E-state index in [1.54, 1.807) is 0 Å². The number of pyridine rings is 1. The lowest BCUT2D eigenvalue weighted by molar-refractivity contribution is -0.137. The fourth-order valence-corrected chi connectivity index (χ4v) is 1.79. The van der Waals surface area contributed by atoms with Gasteiger partial charge in [-0.05, 0) is 23.6 Å². The topological polar surface area (TPSA) is 12.9 Å². The Bertz CT molecular complexity index is 431. The van der Waals surface area contributed by atoms with Gasteiger partial charge >= 0.3 is 6.18 Å². The highest BCUT2D eigenvalue weighted by atomic mass is 32.1. The van der Waals surface area contributed by atoms with Crippen LogP contribution in [0.3, 0.4) is 0 Å². The summed E-state index contributed by atoms with van der Waals surface area (Å²) in [5.74, 6) is 0. The average Bonchev–Trinajstić information content (AvgIpc) is 2.69. The molecule has 0 spiro atoms. The van der Waals surface area contributed by atoms with Gasteiger partial charge < -0.3 is 0 Å². The Hall–Kier alpha value is -1.36. The van der Waals surface area contributed by atoms with Gasteiger partial charge in [0.1, 0.15) is 0 Å². The predicted octanol–water partition coefficient (Wildman–Crippen LogP) is 3.83. The molecule has 2 aromatic heterocycles. The van der Waals surface area contributed by atoms with Crippen LogP contribution in [0.25, 0.3) is 11.3 Å². The minimum Gasteiger partial charge on any atom is -0.256 e. The van der Waals surface area contributed by atoms with Gasteiger partial charge in [0.05, 0.1) is 11.3 Å². The van der Waals surface area contributed by atoms with E-state index in [1.165, 1.54) is 17.4 Å². The van der Waals surface area contributed by atoms with Gasteiger partial charge in [-0.2, -0.15) is 24.5 Å². The van der Waals surface area contributed by atoms with E-state index in [2.05, 4.69) is 4.98 Å². The molecule has 0 amide bonds. The van der Waals surface area contributed by atoms with E-state index in [9.17, 15) is 13.2 Å². The molecule has 2 rings (SSSR count). The summed E-state index contributed by atoms with van der Waals surface area (Å²) in [6.45, 7) is 0. The van der Waals surface area contributed by atoms with Crippen LogP contribution in [-0.4, -0.2) is 4.98 Å². The van der Waals surface area contributed by atoms with Crippen molar-refractivity contribution in [2.75, 3.05) is 0 Å². The Labute approximate surface area is 88.2 Å². The molecule has 0 saturated heterocycles. The number of aromatic nitrogens is 1. The molecular formula is C10H6F3NS. The van der Waals surface area contributed by atoms with E-state index in [0.717, 1.165) is 17.8 Å². The molecule has 0 aliphatic rings. The second-order valence-electron chi connectivity index (χ2n) is 2.94. The standard InChI is InChI=1S/C10H6F3NS/c11-10(12,13)8-1-2-9(14-5-8)7-3-4-15-6-7/h1-6H. The number of thiophene rings is 1. The van der Waals surface area contributed by atoms with Gasteiger partial charge in [-0.3, -0.25) is 4.98 Å². The van der Waals surface area contributed by atoms with Gasteiger partial charge in [-0.25, -0.2) is 0 Å². The molecule has 78 valence electrons. The third kappa shape index (κ3) is 2.18. The van der Waals surface area contributed by atoms with Crippen LogP contribution in [0.1, 0.15) is 5.56 Å². The van der Waals surface area contributed by atoms with E-state index in [1.807, 2.05) is 16.8 Å². The van der Waals surface area contributed by atoms with Gasteiger partial charge in [-0.15, -0.1) is 0 Å². The first kappa shape index (κ1) is 10.2. The zero-order valence-electron chi connectivity index (χ0n) is 7.45. The highest BCUT2D eigenvalue weighted by Gasteiger charge is 2.30. The highest BCUT2D eigenvalue weighted by molar-refractivity contribution is 7.08. The Morgan fingerprint density at radius 3 is 2.40 bits per heavy atom. The third-order valence-corrected chi connectivity index (χ3v) is 2.59. The van der Waals surface area contributed by atoms with Crippen LogP contribution in [0.5, 0.6) is 0 Å². The van der Waals surface area contributed by atoms with Crippen LogP contribution in [0, 0.1) is 0 Å². The lowest BCUT2D eigenvalue weighted by Gasteiger charge is -2.05. The van der Waals surface area contributed by atoms with Gasteiger partial charge in [0.15, 0.2) is 0 Å². The zero-order valence-corrected chi connectivity index (χ0v) is 8.27. The molecule has 15 heavy (non-hydrogen) atoms. The van der Waals surface area contributed by atoms with Gasteiger partial charge in [-0.1, -0.05) is 0 Å². The minimum atomic E-state index is -4.32. The molecule has 1 nitrogen and oxygen atoms in total. The van der Waals surface area contributed by atoms with Gasteiger partial charge in [0.25, 0.3) is 0 Å². The van der Waals surface area contributed by atoms with Crippen molar-refractivity contribution >= 4 is 11.3 Å². The number of hydrogen-bond donors (Lipinski definition) is 0. The number of rotatable bonds is 1. The fourth-order valence-electron chi connectivity index (χ4n) is 1.14. The van der Waals surface area contributed by atoms with E-state index in [-0.39, 0.29) is 0 Å². The molecule has 0 aliphatic heterocycles. The first-order valence-electron chi connectivity index (χ1n) is 4.13. The maximum atomic E-state index is 12.2. The summed E-state index contributed by atoms with van der Waals surface area (Å²) in [5.41, 5.74) is 0.680. The summed E-state index contributed by atoms with van der Waals surface area (Å²) in [4.78, 5) is 3.77. The lowest BCUT2D eigenvalue weighted by atomic mass is 10.2. The van der Waals surface area contributed by atoms with Crippen molar-refractivity contribution in [2.24, 2.45) is 0 Å².